The third-order valence-corrected chi connectivity index (χ3v) is 3.23. The van der Waals surface area contributed by atoms with Gasteiger partial charge >= 0.3 is 6.01 Å². The average molecular weight is 281 g/mol. The molecule has 0 amide bonds. The molecule has 1 fully saturated rings. The molecule has 20 heavy (non-hydrogen) atoms. The molecule has 0 aromatic carbocycles. The molecular weight excluding hydrogens is 258 g/mol. The van der Waals surface area contributed by atoms with Gasteiger partial charge in [-0.1, -0.05) is 0 Å². The highest BCUT2D eigenvalue weighted by Crippen LogP contribution is 2.20. The van der Waals surface area contributed by atoms with Gasteiger partial charge in [0.25, 0.3) is 0 Å². The summed E-state index contributed by atoms with van der Waals surface area (Å²) in [4.78, 5) is 15.1. The lowest BCUT2D eigenvalue weighted by Crippen LogP contribution is -2.38. The number of nitrogens with zero attached hydrogens (tertiary/aromatic N) is 4. The SMILES string of the molecule is CCOc1nc(NC)nc(N2CCC(OCC)CC2)n1. The van der Waals surface area contributed by atoms with Crippen LogP contribution >= 0.6 is 0 Å². The summed E-state index contributed by atoms with van der Waals surface area (Å²) >= 11 is 0. The van der Waals surface area contributed by atoms with Gasteiger partial charge in [0.15, 0.2) is 0 Å². The van der Waals surface area contributed by atoms with Crippen LogP contribution in [0, 0.1) is 0 Å². The van der Waals surface area contributed by atoms with Gasteiger partial charge in [0.1, 0.15) is 0 Å². The van der Waals surface area contributed by atoms with Crippen LogP contribution in [0.25, 0.3) is 0 Å². The van der Waals surface area contributed by atoms with Crippen LogP contribution in [0.3, 0.4) is 0 Å². The van der Waals surface area contributed by atoms with Crippen molar-refractivity contribution >= 4 is 11.9 Å². The minimum Gasteiger partial charge on any atom is -0.464 e. The molecule has 1 aliphatic rings. The molecule has 0 bridgehead atoms. The number of ether oxygens (including phenoxy) is 2. The van der Waals surface area contributed by atoms with Gasteiger partial charge in [-0.2, -0.15) is 15.0 Å². The lowest BCUT2D eigenvalue weighted by Gasteiger charge is -2.31. The molecule has 1 aliphatic heterocycles. The third kappa shape index (κ3) is 3.69. The normalized spacial score (nSPS) is 16.2. The maximum absolute atomic E-state index is 5.66. The van der Waals surface area contributed by atoms with E-state index >= 15 is 0 Å². The van der Waals surface area contributed by atoms with Crippen LogP contribution in [0.5, 0.6) is 6.01 Å². The smallest absolute Gasteiger partial charge is 0.323 e. The van der Waals surface area contributed by atoms with Crippen molar-refractivity contribution in [2.24, 2.45) is 0 Å². The van der Waals surface area contributed by atoms with Crippen LogP contribution in [0.1, 0.15) is 26.7 Å². The topological polar surface area (TPSA) is 72.4 Å². The second kappa shape index (κ2) is 7.23. The molecule has 1 N–H and O–H groups in total. The first-order chi connectivity index (χ1) is 9.76. The van der Waals surface area contributed by atoms with Gasteiger partial charge in [0.05, 0.1) is 12.7 Å². The van der Waals surface area contributed by atoms with Crippen molar-refractivity contribution in [2.75, 3.05) is 43.6 Å². The van der Waals surface area contributed by atoms with Crippen LogP contribution in [0.4, 0.5) is 11.9 Å². The van der Waals surface area contributed by atoms with Crippen LogP contribution < -0.4 is 15.0 Å². The molecule has 0 atom stereocenters. The standard InChI is InChI=1S/C13H23N5O2/c1-4-19-10-6-8-18(9-7-10)12-15-11(14-3)16-13(17-12)20-5-2/h10H,4-9H2,1-3H3,(H,14,15,16,17). The number of nitrogens with one attached hydrogen (secondary N) is 1. The lowest BCUT2D eigenvalue weighted by molar-refractivity contribution is 0.0457. The van der Waals surface area contributed by atoms with Gasteiger partial charge in [0.2, 0.25) is 11.9 Å². The highest BCUT2D eigenvalue weighted by atomic mass is 16.5. The van der Waals surface area contributed by atoms with Gasteiger partial charge in [0, 0.05) is 26.7 Å². The number of hydrogen-bond acceptors (Lipinski definition) is 7. The second-order valence-corrected chi connectivity index (χ2v) is 4.57. The molecule has 112 valence electrons. The fourth-order valence-electron chi connectivity index (χ4n) is 2.25. The van der Waals surface area contributed by atoms with E-state index < -0.39 is 0 Å². The van der Waals surface area contributed by atoms with Gasteiger partial charge < -0.3 is 19.7 Å². The largest absolute Gasteiger partial charge is 0.464 e. The summed E-state index contributed by atoms with van der Waals surface area (Å²) in [7, 11) is 1.79. The van der Waals surface area contributed by atoms with Crippen molar-refractivity contribution in [3.63, 3.8) is 0 Å². The van der Waals surface area contributed by atoms with Crippen LogP contribution in [0.15, 0.2) is 0 Å². The predicted molar refractivity (Wildman–Crippen MR) is 77.4 cm³/mol. The van der Waals surface area contributed by atoms with Gasteiger partial charge in [-0.05, 0) is 26.7 Å². The Morgan fingerprint density at radius 3 is 2.50 bits per heavy atom. The zero-order valence-corrected chi connectivity index (χ0v) is 12.4. The van der Waals surface area contributed by atoms with E-state index in [-0.39, 0.29) is 0 Å². The maximum atomic E-state index is 5.66. The molecule has 1 aromatic rings. The predicted octanol–water partition coefficient (Wildman–Crippen LogP) is 1.32. The number of aromatic nitrogens is 3. The maximum Gasteiger partial charge on any atom is 0.323 e. The fraction of sp³-hybridized carbons (Fsp3) is 0.769. The summed E-state index contributed by atoms with van der Waals surface area (Å²) in [5.41, 5.74) is 0. The first kappa shape index (κ1) is 14.8. The van der Waals surface area contributed by atoms with E-state index in [1.807, 2.05) is 13.8 Å². The van der Waals surface area contributed by atoms with Crippen LogP contribution in [-0.4, -0.2) is 54.4 Å². The summed E-state index contributed by atoms with van der Waals surface area (Å²) in [6.07, 6.45) is 2.35. The molecule has 7 nitrogen and oxygen atoms in total. The van der Waals surface area contributed by atoms with Crippen molar-refractivity contribution in [1.82, 2.24) is 15.0 Å². The second-order valence-electron chi connectivity index (χ2n) is 4.57. The Morgan fingerprint density at radius 2 is 1.90 bits per heavy atom. The van der Waals surface area contributed by atoms with Crippen LogP contribution in [-0.2, 0) is 4.74 Å². The molecule has 0 spiro atoms. The van der Waals surface area contributed by atoms with Crippen molar-refractivity contribution in [3.05, 3.63) is 0 Å². The van der Waals surface area contributed by atoms with Crippen molar-refractivity contribution in [3.8, 4) is 6.01 Å². The zero-order chi connectivity index (χ0) is 14.4. The molecule has 0 aliphatic carbocycles. The van der Waals surface area contributed by atoms with Gasteiger partial charge in [-0.25, -0.2) is 0 Å². The van der Waals surface area contributed by atoms with E-state index in [4.69, 9.17) is 9.47 Å². The molecule has 7 heteroatoms. The Labute approximate surface area is 119 Å². The minimum atomic E-state index is 0.355. The van der Waals surface area contributed by atoms with E-state index in [1.165, 1.54) is 0 Å². The zero-order valence-electron chi connectivity index (χ0n) is 12.4. The Hall–Kier alpha value is -1.63. The molecule has 1 aromatic heterocycles. The molecule has 1 saturated heterocycles. The summed E-state index contributed by atoms with van der Waals surface area (Å²) in [6, 6.07) is 0.369. The van der Waals surface area contributed by atoms with Crippen molar-refractivity contribution in [2.45, 2.75) is 32.8 Å². The fourth-order valence-corrected chi connectivity index (χ4v) is 2.25. The number of rotatable bonds is 6. The highest BCUT2D eigenvalue weighted by molar-refractivity contribution is 5.38. The Bertz CT molecular complexity index is 421. The third-order valence-electron chi connectivity index (χ3n) is 3.23. The number of piperidine rings is 1. The first-order valence-corrected chi connectivity index (χ1v) is 7.20. The summed E-state index contributed by atoms with van der Waals surface area (Å²) in [6.45, 7) is 7.04. The average Bonchev–Trinajstić information content (AvgIpc) is 2.48. The molecule has 0 radical (unpaired) electrons. The number of anilines is 2. The van der Waals surface area contributed by atoms with Crippen molar-refractivity contribution in [1.29, 1.82) is 0 Å². The Morgan fingerprint density at radius 1 is 1.15 bits per heavy atom. The van der Waals surface area contributed by atoms with Crippen molar-refractivity contribution < 1.29 is 9.47 Å². The summed E-state index contributed by atoms with van der Waals surface area (Å²) in [5, 5.41) is 2.94. The highest BCUT2D eigenvalue weighted by Gasteiger charge is 2.22. The minimum absolute atomic E-state index is 0.355. The quantitative estimate of drug-likeness (QED) is 0.843. The molecule has 2 heterocycles. The number of hydrogen-bond donors (Lipinski definition) is 1. The monoisotopic (exact) mass is 281 g/mol. The molecule has 0 unspecified atom stereocenters. The lowest BCUT2D eigenvalue weighted by atomic mass is 10.1. The van der Waals surface area contributed by atoms with E-state index in [9.17, 15) is 0 Å². The van der Waals surface area contributed by atoms with Gasteiger partial charge in [-0.3, -0.25) is 0 Å². The van der Waals surface area contributed by atoms with Crippen LogP contribution in [0.2, 0.25) is 0 Å². The first-order valence-electron chi connectivity index (χ1n) is 7.20. The molecular formula is C13H23N5O2. The molecule has 2 rings (SSSR count). The van der Waals surface area contributed by atoms with E-state index in [2.05, 4.69) is 25.2 Å². The van der Waals surface area contributed by atoms with Gasteiger partial charge in [-0.15, -0.1) is 0 Å². The summed E-state index contributed by atoms with van der Waals surface area (Å²) in [5.74, 6) is 1.20. The molecule has 0 saturated carbocycles. The van der Waals surface area contributed by atoms with E-state index in [0.29, 0.717) is 30.6 Å². The van der Waals surface area contributed by atoms with E-state index in [1.54, 1.807) is 7.05 Å². The Balaban J connectivity index is 2.06. The van der Waals surface area contributed by atoms with E-state index in [0.717, 1.165) is 32.5 Å². The Kier molecular flexibility index (Phi) is 5.34. The summed E-state index contributed by atoms with van der Waals surface area (Å²) < 4.78 is 11.0.